The molecule has 29 heavy (non-hydrogen) atoms. The molecule has 4 rings (SSSR count). The van der Waals surface area contributed by atoms with Crippen molar-refractivity contribution in [2.45, 2.75) is 13.8 Å². The van der Waals surface area contributed by atoms with E-state index in [0.717, 1.165) is 59.8 Å². The zero-order chi connectivity index (χ0) is 20.2. The number of carbonyl (C=O) groups is 1. The third-order valence-corrected chi connectivity index (χ3v) is 5.11. The van der Waals surface area contributed by atoms with Gasteiger partial charge >= 0.3 is 0 Å². The van der Waals surface area contributed by atoms with E-state index in [1.54, 1.807) is 6.08 Å². The van der Waals surface area contributed by atoms with Gasteiger partial charge in [-0.15, -0.1) is 0 Å². The van der Waals surface area contributed by atoms with Crippen LogP contribution in [0.4, 0.5) is 11.5 Å². The smallest absolute Gasteiger partial charge is 0.248 e. The van der Waals surface area contributed by atoms with Crippen LogP contribution in [0.1, 0.15) is 16.7 Å². The average molecular weight is 387 g/mol. The Bertz CT molecular complexity index is 1050. The Morgan fingerprint density at radius 2 is 1.83 bits per heavy atom. The minimum Gasteiger partial charge on any atom is -0.378 e. The molecule has 0 atom stereocenters. The number of pyridine rings is 1. The number of rotatable bonds is 4. The van der Waals surface area contributed by atoms with Crippen LogP contribution in [0.2, 0.25) is 0 Å². The van der Waals surface area contributed by atoms with Crippen LogP contribution in [0.15, 0.2) is 54.6 Å². The molecule has 1 N–H and O–H groups in total. The molecule has 2 heterocycles. The molecular formula is C24H25N3O2. The van der Waals surface area contributed by atoms with Crippen molar-refractivity contribution in [3.05, 3.63) is 71.3 Å². The van der Waals surface area contributed by atoms with Crippen molar-refractivity contribution in [1.82, 2.24) is 4.98 Å². The molecule has 0 spiro atoms. The number of aromatic nitrogens is 1. The van der Waals surface area contributed by atoms with Crippen molar-refractivity contribution in [3.63, 3.8) is 0 Å². The zero-order valence-corrected chi connectivity index (χ0v) is 16.8. The summed E-state index contributed by atoms with van der Waals surface area (Å²) in [4.78, 5) is 19.4. The van der Waals surface area contributed by atoms with Crippen LogP contribution in [-0.2, 0) is 9.53 Å². The molecule has 3 aromatic rings. The summed E-state index contributed by atoms with van der Waals surface area (Å²) in [6, 6.07) is 16.0. The normalized spacial score (nSPS) is 14.5. The quantitative estimate of drug-likeness (QED) is 0.677. The molecular weight excluding hydrogens is 362 g/mol. The van der Waals surface area contributed by atoms with Crippen molar-refractivity contribution < 1.29 is 9.53 Å². The SMILES string of the molecule is Cc1ccc(C=CC(=O)Nc2ccc3nc(N4CCOCC4)cc(C)c3c2)cc1. The molecule has 1 amide bonds. The molecule has 1 saturated heterocycles. The molecule has 148 valence electrons. The van der Waals surface area contributed by atoms with Gasteiger partial charge in [-0.2, -0.15) is 0 Å². The third kappa shape index (κ3) is 4.63. The number of benzene rings is 2. The minimum absolute atomic E-state index is 0.152. The second kappa shape index (κ2) is 8.45. The molecule has 2 aromatic carbocycles. The lowest BCUT2D eigenvalue weighted by Crippen LogP contribution is -2.36. The molecule has 0 unspecified atom stereocenters. The van der Waals surface area contributed by atoms with Crippen LogP contribution >= 0.6 is 0 Å². The molecule has 1 aromatic heterocycles. The number of hydrogen-bond acceptors (Lipinski definition) is 4. The van der Waals surface area contributed by atoms with Gasteiger partial charge in [0.15, 0.2) is 0 Å². The summed E-state index contributed by atoms with van der Waals surface area (Å²) < 4.78 is 5.43. The van der Waals surface area contributed by atoms with Gasteiger partial charge < -0.3 is 15.0 Å². The Kier molecular flexibility index (Phi) is 5.58. The fraction of sp³-hybridized carbons (Fsp3) is 0.250. The lowest BCUT2D eigenvalue weighted by Gasteiger charge is -2.28. The number of carbonyl (C=O) groups excluding carboxylic acids is 1. The number of fused-ring (bicyclic) bond motifs is 1. The average Bonchev–Trinajstić information content (AvgIpc) is 2.74. The summed E-state index contributed by atoms with van der Waals surface area (Å²) in [5.74, 6) is 0.830. The summed E-state index contributed by atoms with van der Waals surface area (Å²) in [7, 11) is 0. The predicted molar refractivity (Wildman–Crippen MR) is 118 cm³/mol. The summed E-state index contributed by atoms with van der Waals surface area (Å²) >= 11 is 0. The van der Waals surface area contributed by atoms with Gasteiger partial charge in [0.25, 0.3) is 0 Å². The zero-order valence-electron chi connectivity index (χ0n) is 16.8. The highest BCUT2D eigenvalue weighted by Crippen LogP contribution is 2.26. The monoisotopic (exact) mass is 387 g/mol. The van der Waals surface area contributed by atoms with E-state index in [9.17, 15) is 4.79 Å². The summed E-state index contributed by atoms with van der Waals surface area (Å²) in [5, 5.41) is 3.98. The highest BCUT2D eigenvalue weighted by Gasteiger charge is 2.14. The van der Waals surface area contributed by atoms with Gasteiger partial charge in [0.2, 0.25) is 5.91 Å². The van der Waals surface area contributed by atoms with Crippen LogP contribution in [-0.4, -0.2) is 37.2 Å². The first-order valence-corrected chi connectivity index (χ1v) is 9.88. The number of anilines is 2. The van der Waals surface area contributed by atoms with Crippen molar-refractivity contribution in [3.8, 4) is 0 Å². The Labute approximate surface area is 171 Å². The topological polar surface area (TPSA) is 54.5 Å². The number of aryl methyl sites for hydroxylation is 2. The lowest BCUT2D eigenvalue weighted by molar-refractivity contribution is -0.111. The predicted octanol–water partition coefficient (Wildman–Crippen LogP) is 4.34. The molecule has 0 radical (unpaired) electrons. The molecule has 5 heteroatoms. The molecule has 1 aliphatic heterocycles. The Balaban J connectivity index is 1.50. The van der Waals surface area contributed by atoms with Crippen LogP contribution in [0.5, 0.6) is 0 Å². The Hall–Kier alpha value is -3.18. The van der Waals surface area contributed by atoms with Gasteiger partial charge in [0.1, 0.15) is 5.82 Å². The summed E-state index contributed by atoms with van der Waals surface area (Å²) in [6.07, 6.45) is 3.37. The van der Waals surface area contributed by atoms with E-state index in [-0.39, 0.29) is 5.91 Å². The number of morpholine rings is 1. The van der Waals surface area contributed by atoms with Crippen molar-refractivity contribution in [2.75, 3.05) is 36.5 Å². The van der Waals surface area contributed by atoms with Gasteiger partial charge in [-0.3, -0.25) is 4.79 Å². The van der Waals surface area contributed by atoms with E-state index in [2.05, 4.69) is 23.2 Å². The van der Waals surface area contributed by atoms with Crippen molar-refractivity contribution >= 4 is 34.4 Å². The molecule has 0 aliphatic carbocycles. The van der Waals surface area contributed by atoms with Crippen molar-refractivity contribution in [1.29, 1.82) is 0 Å². The van der Waals surface area contributed by atoms with Gasteiger partial charge in [0, 0.05) is 30.2 Å². The fourth-order valence-electron chi connectivity index (χ4n) is 3.44. The van der Waals surface area contributed by atoms with Crippen LogP contribution in [0, 0.1) is 13.8 Å². The largest absolute Gasteiger partial charge is 0.378 e. The summed E-state index contributed by atoms with van der Waals surface area (Å²) in [5.41, 5.74) is 5.03. The van der Waals surface area contributed by atoms with Crippen LogP contribution in [0.3, 0.4) is 0 Å². The van der Waals surface area contributed by atoms with Gasteiger partial charge in [-0.1, -0.05) is 29.8 Å². The van der Waals surface area contributed by atoms with Gasteiger partial charge in [-0.25, -0.2) is 4.98 Å². The second-order valence-electron chi connectivity index (χ2n) is 7.36. The molecule has 0 saturated carbocycles. The van der Waals surface area contributed by atoms with E-state index in [0.29, 0.717) is 0 Å². The molecule has 0 bridgehead atoms. The maximum absolute atomic E-state index is 12.3. The standard InChI is InChI=1S/C24H25N3O2/c1-17-3-5-19(6-4-17)7-10-24(28)25-20-8-9-22-21(16-20)18(2)15-23(26-22)27-11-13-29-14-12-27/h3-10,15-16H,11-14H2,1-2H3,(H,25,28). The third-order valence-electron chi connectivity index (χ3n) is 5.11. The minimum atomic E-state index is -0.152. The van der Waals surface area contributed by atoms with E-state index in [1.807, 2.05) is 55.5 Å². The van der Waals surface area contributed by atoms with Crippen LogP contribution in [0.25, 0.3) is 17.0 Å². The number of nitrogens with zero attached hydrogens (tertiary/aromatic N) is 2. The first kappa shape index (κ1) is 19.2. The van der Waals surface area contributed by atoms with E-state index >= 15 is 0 Å². The van der Waals surface area contributed by atoms with Crippen molar-refractivity contribution in [2.24, 2.45) is 0 Å². The van der Waals surface area contributed by atoms with E-state index in [1.165, 1.54) is 5.56 Å². The maximum atomic E-state index is 12.3. The van der Waals surface area contributed by atoms with Gasteiger partial charge in [-0.05, 0) is 55.3 Å². The first-order valence-electron chi connectivity index (χ1n) is 9.88. The van der Waals surface area contributed by atoms with E-state index < -0.39 is 0 Å². The summed E-state index contributed by atoms with van der Waals surface area (Å²) in [6.45, 7) is 7.32. The first-order chi connectivity index (χ1) is 14.1. The number of hydrogen-bond donors (Lipinski definition) is 1. The maximum Gasteiger partial charge on any atom is 0.248 e. The molecule has 1 fully saturated rings. The molecule has 5 nitrogen and oxygen atoms in total. The fourth-order valence-corrected chi connectivity index (χ4v) is 3.44. The number of nitrogens with one attached hydrogen (secondary N) is 1. The highest BCUT2D eigenvalue weighted by molar-refractivity contribution is 6.03. The van der Waals surface area contributed by atoms with Gasteiger partial charge in [0.05, 0.1) is 18.7 Å². The van der Waals surface area contributed by atoms with E-state index in [4.69, 9.17) is 9.72 Å². The second-order valence-corrected chi connectivity index (χ2v) is 7.36. The lowest BCUT2D eigenvalue weighted by atomic mass is 10.1. The van der Waals surface area contributed by atoms with Crippen LogP contribution < -0.4 is 10.2 Å². The highest BCUT2D eigenvalue weighted by atomic mass is 16.5. The Morgan fingerprint density at radius 1 is 1.07 bits per heavy atom. The Morgan fingerprint density at radius 3 is 2.59 bits per heavy atom. The number of amides is 1. The number of ether oxygens (including phenoxy) is 1. The molecule has 1 aliphatic rings.